The van der Waals surface area contributed by atoms with Crippen molar-refractivity contribution in [1.82, 2.24) is 14.5 Å². The molecule has 2 aliphatic rings. The van der Waals surface area contributed by atoms with Crippen LogP contribution < -0.4 is 15.1 Å². The number of fused-ring (bicyclic) bond motifs is 1. The number of aromatic nitrogens is 2. The summed E-state index contributed by atoms with van der Waals surface area (Å²) in [6, 6.07) is 12.9. The van der Waals surface area contributed by atoms with Gasteiger partial charge in [-0.05, 0) is 49.2 Å². The van der Waals surface area contributed by atoms with Crippen molar-refractivity contribution in [2.24, 2.45) is 0 Å². The first-order chi connectivity index (χ1) is 16.9. The van der Waals surface area contributed by atoms with Crippen molar-refractivity contribution in [3.05, 3.63) is 48.2 Å². The van der Waals surface area contributed by atoms with Crippen molar-refractivity contribution < 1.29 is 23.4 Å². The van der Waals surface area contributed by atoms with Crippen LogP contribution in [-0.4, -0.2) is 79.7 Å². The molecule has 3 aromatic rings. The van der Waals surface area contributed by atoms with E-state index < -0.39 is 10.0 Å². The van der Waals surface area contributed by atoms with Crippen LogP contribution in [0.5, 0.6) is 0 Å². The van der Waals surface area contributed by atoms with E-state index in [1.807, 2.05) is 30.0 Å². The number of nitrogens with one attached hydrogen (secondary N) is 1. The molecular weight excluding hydrogens is 470 g/mol. The highest BCUT2D eigenvalue weighted by Crippen LogP contribution is 2.30. The molecule has 10 nitrogen and oxygen atoms in total. The summed E-state index contributed by atoms with van der Waals surface area (Å²) in [4.78, 5) is 12.9. The molecule has 2 fully saturated rings. The molecular formula is C24H31N5O5S. The van der Waals surface area contributed by atoms with E-state index in [2.05, 4.69) is 21.4 Å². The number of carboxylic acid groups (broad SMARTS) is 1. The van der Waals surface area contributed by atoms with E-state index in [0.717, 1.165) is 48.6 Å². The summed E-state index contributed by atoms with van der Waals surface area (Å²) in [5.74, 6) is 0. The number of piperazine rings is 1. The quantitative estimate of drug-likeness (QED) is 0.446. The molecule has 1 aromatic heterocycles. The Labute approximate surface area is 204 Å². The summed E-state index contributed by atoms with van der Waals surface area (Å²) in [6.07, 6.45) is 0.966. The largest absolute Gasteiger partial charge is 0.483 e. The lowest BCUT2D eigenvalue weighted by Gasteiger charge is -2.29. The summed E-state index contributed by atoms with van der Waals surface area (Å²) >= 11 is 0. The molecule has 2 aliphatic heterocycles. The Balaban J connectivity index is 0.000000917. The molecule has 1 unspecified atom stereocenters. The van der Waals surface area contributed by atoms with Gasteiger partial charge >= 0.3 is 0 Å². The Morgan fingerprint density at radius 2 is 1.80 bits per heavy atom. The summed E-state index contributed by atoms with van der Waals surface area (Å²) in [5.41, 5.74) is 3.20. The molecule has 0 aliphatic carbocycles. The molecule has 0 spiro atoms. The Hall–Kier alpha value is -3.15. The maximum Gasteiger partial charge on any atom is 0.290 e. The van der Waals surface area contributed by atoms with Gasteiger partial charge in [-0.25, -0.2) is 0 Å². The molecule has 3 N–H and O–H groups in total. The van der Waals surface area contributed by atoms with Gasteiger partial charge in [0.2, 0.25) is 0 Å². The number of nitrogens with zero attached hydrogens (tertiary/aromatic N) is 4. The van der Waals surface area contributed by atoms with Crippen LogP contribution in [0.4, 0.5) is 11.4 Å². The number of anilines is 2. The maximum absolute atomic E-state index is 13.7. The van der Waals surface area contributed by atoms with E-state index in [-0.39, 0.29) is 17.5 Å². The van der Waals surface area contributed by atoms with Crippen molar-refractivity contribution in [1.29, 1.82) is 0 Å². The van der Waals surface area contributed by atoms with Crippen LogP contribution in [0.1, 0.15) is 19.0 Å². The molecule has 2 aromatic carbocycles. The smallest absolute Gasteiger partial charge is 0.290 e. The van der Waals surface area contributed by atoms with Crippen LogP contribution in [0.25, 0.3) is 10.9 Å². The predicted molar refractivity (Wildman–Crippen MR) is 135 cm³/mol. The van der Waals surface area contributed by atoms with E-state index >= 15 is 0 Å². The lowest BCUT2D eigenvalue weighted by atomic mass is 10.1. The third-order valence-electron chi connectivity index (χ3n) is 6.40. The van der Waals surface area contributed by atoms with E-state index in [1.165, 1.54) is 4.09 Å². The molecule has 0 saturated carbocycles. The molecule has 3 heterocycles. The van der Waals surface area contributed by atoms with Gasteiger partial charge in [-0.3, -0.25) is 4.79 Å². The molecule has 11 heteroatoms. The Kier molecular flexibility index (Phi) is 7.58. The highest BCUT2D eigenvalue weighted by Gasteiger charge is 2.26. The van der Waals surface area contributed by atoms with Gasteiger partial charge in [-0.2, -0.15) is 17.6 Å². The second kappa shape index (κ2) is 10.6. The normalized spacial score (nSPS) is 18.4. The first-order valence-corrected chi connectivity index (χ1v) is 13.2. The van der Waals surface area contributed by atoms with Gasteiger partial charge in [0.15, 0.2) is 0 Å². The minimum atomic E-state index is -3.88. The van der Waals surface area contributed by atoms with E-state index in [1.54, 1.807) is 18.2 Å². The third kappa shape index (κ3) is 5.12. The van der Waals surface area contributed by atoms with Crippen LogP contribution >= 0.6 is 0 Å². The first-order valence-electron chi connectivity index (χ1n) is 11.7. The Morgan fingerprint density at radius 3 is 2.46 bits per heavy atom. The van der Waals surface area contributed by atoms with Gasteiger partial charge in [0, 0.05) is 56.0 Å². The van der Waals surface area contributed by atoms with Crippen molar-refractivity contribution in [2.75, 3.05) is 49.1 Å². The molecule has 0 amide bonds. The molecule has 35 heavy (non-hydrogen) atoms. The van der Waals surface area contributed by atoms with Gasteiger partial charge in [0.05, 0.1) is 22.2 Å². The average molecular weight is 502 g/mol. The second-order valence-electron chi connectivity index (χ2n) is 8.58. The lowest BCUT2D eigenvalue weighted by molar-refractivity contribution is -0.122. The number of aliphatic hydroxyl groups excluding tert-OH is 1. The number of β-amino-alcohol motifs (C(OH)–C–C–N with tert-alkyl or cyclic N) is 1. The van der Waals surface area contributed by atoms with Crippen molar-refractivity contribution in [3.8, 4) is 0 Å². The molecule has 1 atom stereocenters. The number of benzene rings is 2. The molecule has 5 rings (SSSR count). The zero-order chi connectivity index (χ0) is 25.0. The van der Waals surface area contributed by atoms with Gasteiger partial charge < -0.3 is 25.3 Å². The molecule has 0 radical (unpaired) electrons. The zero-order valence-electron chi connectivity index (χ0n) is 19.7. The highest BCUT2D eigenvalue weighted by atomic mass is 32.2. The monoisotopic (exact) mass is 501 g/mol. The fourth-order valence-corrected chi connectivity index (χ4v) is 5.96. The van der Waals surface area contributed by atoms with Crippen molar-refractivity contribution >= 4 is 38.8 Å². The standard InChI is InChI=1S/C23H29N5O3S.CH2O2/c1-2-22-21-7-6-18(26-12-9-24-10-13-26)15-23(21)28(25-22)32(30,31)20-5-3-4-17(14-20)27-11-8-19(29)16-27;2-1-3/h3-7,14-15,19,24,29H,2,8-13,16H2,1H3;1H,(H,2,3). The first kappa shape index (κ1) is 25.0. The van der Waals surface area contributed by atoms with Crippen molar-refractivity contribution in [3.63, 3.8) is 0 Å². The van der Waals surface area contributed by atoms with E-state index in [4.69, 9.17) is 9.90 Å². The van der Waals surface area contributed by atoms with Gasteiger partial charge in [-0.1, -0.05) is 13.0 Å². The number of aliphatic hydroxyl groups is 1. The number of carbonyl (C=O) groups is 1. The van der Waals surface area contributed by atoms with Gasteiger partial charge in [0.1, 0.15) is 0 Å². The fourth-order valence-electron chi connectivity index (χ4n) is 4.62. The number of hydrogen-bond donors (Lipinski definition) is 3. The average Bonchev–Trinajstić information content (AvgIpc) is 3.48. The van der Waals surface area contributed by atoms with E-state index in [0.29, 0.717) is 31.4 Å². The highest BCUT2D eigenvalue weighted by molar-refractivity contribution is 7.90. The van der Waals surface area contributed by atoms with Crippen LogP contribution in [0.2, 0.25) is 0 Å². The Morgan fingerprint density at radius 1 is 1.09 bits per heavy atom. The zero-order valence-corrected chi connectivity index (χ0v) is 20.5. The van der Waals surface area contributed by atoms with Gasteiger partial charge in [0.25, 0.3) is 16.5 Å². The lowest BCUT2D eigenvalue weighted by Crippen LogP contribution is -2.43. The number of hydrogen-bond acceptors (Lipinski definition) is 8. The molecule has 0 bridgehead atoms. The van der Waals surface area contributed by atoms with Crippen LogP contribution in [0, 0.1) is 0 Å². The van der Waals surface area contributed by atoms with Crippen molar-refractivity contribution in [2.45, 2.75) is 30.8 Å². The Bertz CT molecular complexity index is 1290. The second-order valence-corrected chi connectivity index (χ2v) is 10.3. The SMILES string of the molecule is CCc1nn(S(=O)(=O)c2cccc(N3CCC(O)C3)c2)c2cc(N3CCNCC3)ccc12.O=CO. The summed E-state index contributed by atoms with van der Waals surface area (Å²) in [5, 5.41) is 25.5. The third-order valence-corrected chi connectivity index (χ3v) is 7.98. The fraction of sp³-hybridized carbons (Fsp3) is 0.417. The topological polar surface area (TPSA) is 128 Å². The summed E-state index contributed by atoms with van der Waals surface area (Å²) < 4.78 is 28.6. The minimum absolute atomic E-state index is 0.205. The van der Waals surface area contributed by atoms with Crippen LogP contribution in [-0.2, 0) is 21.2 Å². The minimum Gasteiger partial charge on any atom is -0.483 e. The number of aryl methyl sites for hydroxylation is 1. The van der Waals surface area contributed by atoms with Gasteiger partial charge in [-0.15, -0.1) is 0 Å². The predicted octanol–water partition coefficient (Wildman–Crippen LogP) is 1.52. The van der Waals surface area contributed by atoms with E-state index in [9.17, 15) is 13.5 Å². The molecule has 188 valence electrons. The summed E-state index contributed by atoms with van der Waals surface area (Å²) in [7, 11) is -3.88. The molecule has 2 saturated heterocycles. The summed E-state index contributed by atoms with van der Waals surface area (Å²) in [6.45, 7) is 6.56. The number of rotatable bonds is 5. The van der Waals surface area contributed by atoms with Crippen LogP contribution in [0.15, 0.2) is 47.4 Å². The maximum atomic E-state index is 13.7. The van der Waals surface area contributed by atoms with Crippen LogP contribution in [0.3, 0.4) is 0 Å².